The number of hydrogen-bond acceptors (Lipinski definition) is 2. The zero-order chi connectivity index (χ0) is 19.3. The van der Waals surface area contributed by atoms with Crippen molar-refractivity contribution in [2.75, 3.05) is 13.1 Å². The van der Waals surface area contributed by atoms with Crippen LogP contribution in [0.1, 0.15) is 44.2 Å². The second kappa shape index (κ2) is 8.56. The normalized spacial score (nSPS) is 18.1. The fraction of sp³-hybridized carbons (Fsp3) is 0.579. The number of carbonyl (C=O) groups is 2. The average molecular weight is 370 g/mol. The molecule has 0 unspecified atom stereocenters. The van der Waals surface area contributed by atoms with E-state index >= 15 is 0 Å². The Morgan fingerprint density at radius 1 is 1.27 bits per heavy atom. The lowest BCUT2D eigenvalue weighted by molar-refractivity contribution is -0.147. The third kappa shape index (κ3) is 5.47. The predicted octanol–water partition coefficient (Wildman–Crippen LogP) is 3.40. The molecule has 1 N–H and O–H groups in total. The summed E-state index contributed by atoms with van der Waals surface area (Å²) in [5.41, 5.74) is -0.318. The van der Waals surface area contributed by atoms with Gasteiger partial charge in [-0.25, -0.2) is 0 Å². The topological polar surface area (TPSA) is 49.4 Å². The highest BCUT2D eigenvalue weighted by atomic mass is 19.4. The minimum atomic E-state index is -4.36. The van der Waals surface area contributed by atoms with E-state index in [1.54, 1.807) is 19.9 Å². The van der Waals surface area contributed by atoms with Gasteiger partial charge in [0.2, 0.25) is 0 Å². The summed E-state index contributed by atoms with van der Waals surface area (Å²) >= 11 is 0. The van der Waals surface area contributed by atoms with Gasteiger partial charge in [0, 0.05) is 19.1 Å². The Hall–Kier alpha value is -2.05. The number of nitrogens with one attached hydrogen (secondary N) is 1. The van der Waals surface area contributed by atoms with E-state index in [4.69, 9.17) is 0 Å². The maximum absolute atomic E-state index is 13.1. The molecule has 0 saturated carbocycles. The molecular formula is C19H25F3N2O2. The van der Waals surface area contributed by atoms with Crippen LogP contribution in [0.2, 0.25) is 0 Å². The molecule has 144 valence electrons. The fourth-order valence-electron chi connectivity index (χ4n) is 3.33. The summed E-state index contributed by atoms with van der Waals surface area (Å²) in [4.78, 5) is 25.6. The minimum absolute atomic E-state index is 0.0980. The van der Waals surface area contributed by atoms with Gasteiger partial charge in [-0.1, -0.05) is 18.2 Å². The molecule has 1 aliphatic rings. The lowest BCUT2D eigenvalue weighted by Crippen LogP contribution is -2.48. The third-order valence-corrected chi connectivity index (χ3v) is 4.56. The zero-order valence-corrected chi connectivity index (χ0v) is 15.1. The number of amides is 2. The van der Waals surface area contributed by atoms with Gasteiger partial charge in [-0.3, -0.25) is 9.59 Å². The minimum Gasteiger partial charge on any atom is -0.346 e. The smallest absolute Gasteiger partial charge is 0.346 e. The predicted molar refractivity (Wildman–Crippen MR) is 92.3 cm³/mol. The summed E-state index contributed by atoms with van der Waals surface area (Å²) in [5.74, 6) is -1.08. The van der Waals surface area contributed by atoms with Crippen LogP contribution < -0.4 is 5.32 Å². The second-order valence-corrected chi connectivity index (χ2v) is 7.08. The van der Waals surface area contributed by atoms with E-state index in [1.165, 1.54) is 17.0 Å². The van der Waals surface area contributed by atoms with E-state index in [9.17, 15) is 22.8 Å². The SMILES string of the molecule is CC(C)NC(=O)C(=O)N1CCC[C@H](CCc2ccccc2C(F)(F)F)C1. The van der Waals surface area contributed by atoms with Crippen LogP contribution in [0.5, 0.6) is 0 Å². The van der Waals surface area contributed by atoms with Crippen LogP contribution in [-0.2, 0) is 22.2 Å². The standard InChI is InChI=1S/C19H25F3N2O2/c1-13(2)23-17(25)18(26)24-11-5-6-14(12-24)9-10-15-7-3-4-8-16(15)19(20,21)22/h3-4,7-8,13-14H,5-6,9-12H2,1-2H3,(H,23,25)/t14-/m1/s1. The third-order valence-electron chi connectivity index (χ3n) is 4.56. The highest BCUT2D eigenvalue weighted by molar-refractivity contribution is 6.35. The summed E-state index contributed by atoms with van der Waals surface area (Å²) < 4.78 is 39.2. The molecule has 0 radical (unpaired) electrons. The van der Waals surface area contributed by atoms with Crippen LogP contribution in [0.4, 0.5) is 13.2 Å². The molecule has 0 spiro atoms. The summed E-state index contributed by atoms with van der Waals surface area (Å²) in [6, 6.07) is 5.48. The van der Waals surface area contributed by atoms with E-state index in [-0.39, 0.29) is 17.5 Å². The maximum Gasteiger partial charge on any atom is 0.416 e. The van der Waals surface area contributed by atoms with Crippen molar-refractivity contribution in [3.8, 4) is 0 Å². The number of likely N-dealkylation sites (tertiary alicyclic amines) is 1. The van der Waals surface area contributed by atoms with Crippen molar-refractivity contribution in [3.05, 3.63) is 35.4 Å². The molecule has 1 aliphatic heterocycles. The van der Waals surface area contributed by atoms with Crippen LogP contribution in [0, 0.1) is 5.92 Å². The molecule has 1 aromatic carbocycles. The molecular weight excluding hydrogens is 345 g/mol. The van der Waals surface area contributed by atoms with Gasteiger partial charge in [-0.2, -0.15) is 13.2 Å². The van der Waals surface area contributed by atoms with E-state index < -0.39 is 23.6 Å². The van der Waals surface area contributed by atoms with Crippen molar-refractivity contribution in [3.63, 3.8) is 0 Å². The van der Waals surface area contributed by atoms with Gasteiger partial charge in [-0.05, 0) is 57.1 Å². The van der Waals surface area contributed by atoms with Gasteiger partial charge in [0.25, 0.3) is 0 Å². The molecule has 0 bridgehead atoms. The molecule has 1 atom stereocenters. The maximum atomic E-state index is 13.1. The largest absolute Gasteiger partial charge is 0.416 e. The summed E-state index contributed by atoms with van der Waals surface area (Å²) in [5, 5.41) is 2.58. The van der Waals surface area contributed by atoms with E-state index in [1.807, 2.05) is 0 Å². The number of carbonyl (C=O) groups excluding carboxylic acids is 2. The van der Waals surface area contributed by atoms with Crippen LogP contribution in [-0.4, -0.2) is 35.8 Å². The van der Waals surface area contributed by atoms with Crippen molar-refractivity contribution in [1.29, 1.82) is 0 Å². The Morgan fingerprint density at radius 3 is 2.62 bits per heavy atom. The van der Waals surface area contributed by atoms with Gasteiger partial charge in [0.1, 0.15) is 0 Å². The Bertz CT molecular complexity index is 644. The van der Waals surface area contributed by atoms with Crippen molar-refractivity contribution in [1.82, 2.24) is 10.2 Å². The number of rotatable bonds is 4. The molecule has 0 aromatic heterocycles. The van der Waals surface area contributed by atoms with Crippen molar-refractivity contribution in [2.24, 2.45) is 5.92 Å². The summed E-state index contributed by atoms with van der Waals surface area (Å²) in [6.45, 7) is 4.49. The number of nitrogens with zero attached hydrogens (tertiary/aromatic N) is 1. The molecule has 0 aliphatic carbocycles. The molecule has 7 heteroatoms. The number of halogens is 3. The van der Waals surface area contributed by atoms with E-state index in [0.29, 0.717) is 25.9 Å². The highest BCUT2D eigenvalue weighted by Crippen LogP contribution is 2.33. The van der Waals surface area contributed by atoms with Gasteiger partial charge in [0.15, 0.2) is 0 Å². The molecule has 26 heavy (non-hydrogen) atoms. The quantitative estimate of drug-likeness (QED) is 0.826. The molecule has 4 nitrogen and oxygen atoms in total. The number of hydrogen-bond donors (Lipinski definition) is 1. The Kier molecular flexibility index (Phi) is 6.67. The molecule has 2 rings (SSSR count). The van der Waals surface area contributed by atoms with Gasteiger partial charge in [0.05, 0.1) is 5.56 Å². The molecule has 1 heterocycles. The van der Waals surface area contributed by atoms with Crippen molar-refractivity contribution >= 4 is 11.8 Å². The van der Waals surface area contributed by atoms with Gasteiger partial charge < -0.3 is 10.2 Å². The van der Waals surface area contributed by atoms with Gasteiger partial charge in [-0.15, -0.1) is 0 Å². The van der Waals surface area contributed by atoms with E-state index in [0.717, 1.165) is 18.9 Å². The van der Waals surface area contributed by atoms with Crippen molar-refractivity contribution < 1.29 is 22.8 Å². The van der Waals surface area contributed by atoms with Crippen LogP contribution in [0.15, 0.2) is 24.3 Å². The fourth-order valence-corrected chi connectivity index (χ4v) is 3.33. The molecule has 1 saturated heterocycles. The lowest BCUT2D eigenvalue weighted by atomic mass is 9.90. The number of aryl methyl sites for hydroxylation is 1. The van der Waals surface area contributed by atoms with Crippen LogP contribution in [0.25, 0.3) is 0 Å². The molecule has 1 fully saturated rings. The Labute approximate surface area is 151 Å². The second-order valence-electron chi connectivity index (χ2n) is 7.08. The molecule has 1 aromatic rings. The average Bonchev–Trinajstić information content (AvgIpc) is 2.58. The first-order chi connectivity index (χ1) is 12.2. The first-order valence-electron chi connectivity index (χ1n) is 8.93. The summed E-state index contributed by atoms with van der Waals surface area (Å²) in [7, 11) is 0. The molecule has 2 amide bonds. The monoisotopic (exact) mass is 370 g/mol. The zero-order valence-electron chi connectivity index (χ0n) is 15.1. The Morgan fingerprint density at radius 2 is 1.96 bits per heavy atom. The number of benzene rings is 1. The highest BCUT2D eigenvalue weighted by Gasteiger charge is 2.33. The lowest BCUT2D eigenvalue weighted by Gasteiger charge is -2.32. The van der Waals surface area contributed by atoms with Crippen LogP contribution >= 0.6 is 0 Å². The summed E-state index contributed by atoms with van der Waals surface area (Å²) in [6.07, 6.45) is -1.89. The Balaban J connectivity index is 1.95. The van der Waals surface area contributed by atoms with Crippen molar-refractivity contribution in [2.45, 2.75) is 51.7 Å². The first kappa shape index (κ1) is 20.3. The van der Waals surface area contributed by atoms with Crippen LogP contribution in [0.3, 0.4) is 0 Å². The van der Waals surface area contributed by atoms with Gasteiger partial charge >= 0.3 is 18.0 Å². The first-order valence-corrected chi connectivity index (χ1v) is 8.93. The number of alkyl halides is 3. The number of piperidine rings is 1. The van der Waals surface area contributed by atoms with E-state index in [2.05, 4.69) is 5.32 Å².